The van der Waals surface area contributed by atoms with Crippen LogP contribution in [0, 0.1) is 0 Å². The largest absolute Gasteiger partial charge is 0.363 e. The van der Waals surface area contributed by atoms with E-state index in [0.29, 0.717) is 56.4 Å². The van der Waals surface area contributed by atoms with E-state index in [1.165, 1.54) is 4.90 Å². The van der Waals surface area contributed by atoms with Gasteiger partial charge in [-0.3, -0.25) is 14.5 Å². The summed E-state index contributed by atoms with van der Waals surface area (Å²) in [5.74, 6) is 0.262. The van der Waals surface area contributed by atoms with E-state index in [1.807, 2.05) is 65.6 Å². The third-order valence-electron chi connectivity index (χ3n) is 6.10. The van der Waals surface area contributed by atoms with E-state index in [0.717, 1.165) is 11.1 Å². The van der Waals surface area contributed by atoms with Crippen molar-refractivity contribution >= 4 is 23.3 Å². The average Bonchev–Trinajstić information content (AvgIpc) is 3.13. The topological polar surface area (TPSA) is 69.6 Å². The number of piperazine rings is 1. The highest BCUT2D eigenvalue weighted by Crippen LogP contribution is 2.32. The number of carbonyl (C=O) groups excluding carboxylic acids is 2. The molecule has 5 rings (SSSR count). The Balaban J connectivity index is 1.39. The number of carbonyl (C=O) groups is 2. The fraction of sp³-hybridized carbons (Fsp3) is 0.231. The van der Waals surface area contributed by atoms with Crippen molar-refractivity contribution in [3.8, 4) is 0 Å². The van der Waals surface area contributed by atoms with Crippen LogP contribution in [0.15, 0.2) is 84.8 Å². The highest BCUT2D eigenvalue weighted by atomic mass is 16.2. The summed E-state index contributed by atoms with van der Waals surface area (Å²) in [5.41, 5.74) is 2.89. The van der Waals surface area contributed by atoms with E-state index in [-0.39, 0.29) is 11.8 Å². The second-order valence-electron chi connectivity index (χ2n) is 8.11. The molecule has 1 saturated heterocycles. The van der Waals surface area contributed by atoms with Crippen molar-refractivity contribution in [2.45, 2.75) is 6.42 Å². The quantitative estimate of drug-likeness (QED) is 0.550. The number of benzene rings is 2. The van der Waals surface area contributed by atoms with Crippen LogP contribution in [-0.2, 0) is 16.0 Å². The standard InChI is InChI=1S/C26H25N5O2/c32-24-22(21-10-5-2-6-11-21)23(25(33)31(24)15-12-20-8-3-1-4-9-20)29-16-18-30(19-17-29)26-27-13-7-14-28-26/h1-11,13-14H,12,15-19H2. The summed E-state index contributed by atoms with van der Waals surface area (Å²) in [6.45, 7) is 2.96. The average molecular weight is 440 g/mol. The zero-order valence-electron chi connectivity index (χ0n) is 18.3. The van der Waals surface area contributed by atoms with E-state index < -0.39 is 0 Å². The van der Waals surface area contributed by atoms with Gasteiger partial charge in [-0.15, -0.1) is 0 Å². The molecule has 2 amide bonds. The molecule has 3 heterocycles. The summed E-state index contributed by atoms with van der Waals surface area (Å²) >= 11 is 0. The number of hydrogen-bond donors (Lipinski definition) is 0. The second kappa shape index (κ2) is 9.24. The van der Waals surface area contributed by atoms with E-state index in [9.17, 15) is 9.59 Å². The predicted octanol–water partition coefficient (Wildman–Crippen LogP) is 2.62. The molecule has 0 atom stereocenters. The maximum Gasteiger partial charge on any atom is 0.277 e. The van der Waals surface area contributed by atoms with Gasteiger partial charge in [0, 0.05) is 45.1 Å². The summed E-state index contributed by atoms with van der Waals surface area (Å²) in [6.07, 6.45) is 4.09. The Hall–Kier alpha value is -4.00. The smallest absolute Gasteiger partial charge is 0.277 e. The van der Waals surface area contributed by atoms with Gasteiger partial charge in [0.05, 0.1) is 5.57 Å². The first-order chi connectivity index (χ1) is 16.2. The van der Waals surface area contributed by atoms with Crippen molar-refractivity contribution < 1.29 is 9.59 Å². The zero-order valence-corrected chi connectivity index (χ0v) is 18.3. The molecule has 7 heteroatoms. The fourth-order valence-corrected chi connectivity index (χ4v) is 4.39. The summed E-state index contributed by atoms with van der Waals surface area (Å²) in [6, 6.07) is 21.2. The highest BCUT2D eigenvalue weighted by Gasteiger charge is 2.42. The first kappa shape index (κ1) is 20.9. The molecule has 3 aromatic rings. The normalized spacial score (nSPS) is 16.7. The number of anilines is 1. The predicted molar refractivity (Wildman–Crippen MR) is 126 cm³/mol. The molecule has 0 aliphatic carbocycles. The highest BCUT2D eigenvalue weighted by molar-refractivity contribution is 6.35. The van der Waals surface area contributed by atoms with Gasteiger partial charge < -0.3 is 9.80 Å². The summed E-state index contributed by atoms with van der Waals surface area (Å²) in [7, 11) is 0. The Morgan fingerprint density at radius 3 is 1.97 bits per heavy atom. The van der Waals surface area contributed by atoms with Crippen LogP contribution in [0.25, 0.3) is 5.57 Å². The van der Waals surface area contributed by atoms with E-state index >= 15 is 0 Å². The number of nitrogens with zero attached hydrogens (tertiary/aromatic N) is 5. The van der Waals surface area contributed by atoms with Crippen LogP contribution in [0.1, 0.15) is 11.1 Å². The first-order valence-corrected chi connectivity index (χ1v) is 11.2. The molecule has 0 spiro atoms. The van der Waals surface area contributed by atoms with Gasteiger partial charge in [0.15, 0.2) is 0 Å². The van der Waals surface area contributed by atoms with Gasteiger partial charge in [-0.05, 0) is 23.6 Å². The number of hydrogen-bond acceptors (Lipinski definition) is 6. The van der Waals surface area contributed by atoms with Crippen LogP contribution in [0.3, 0.4) is 0 Å². The molecule has 33 heavy (non-hydrogen) atoms. The van der Waals surface area contributed by atoms with Crippen molar-refractivity contribution in [1.29, 1.82) is 0 Å². The van der Waals surface area contributed by atoms with Crippen molar-refractivity contribution in [2.24, 2.45) is 0 Å². The van der Waals surface area contributed by atoms with E-state index in [2.05, 4.69) is 14.9 Å². The van der Waals surface area contributed by atoms with Gasteiger partial charge in [0.25, 0.3) is 11.8 Å². The second-order valence-corrected chi connectivity index (χ2v) is 8.11. The fourth-order valence-electron chi connectivity index (χ4n) is 4.39. The molecule has 2 aliphatic rings. The van der Waals surface area contributed by atoms with Crippen molar-refractivity contribution in [3.63, 3.8) is 0 Å². The molecular formula is C26H25N5O2. The Morgan fingerprint density at radius 1 is 0.697 bits per heavy atom. The third-order valence-corrected chi connectivity index (χ3v) is 6.10. The molecule has 7 nitrogen and oxygen atoms in total. The molecule has 0 bridgehead atoms. The van der Waals surface area contributed by atoms with Crippen LogP contribution in [0.4, 0.5) is 5.95 Å². The van der Waals surface area contributed by atoms with E-state index in [1.54, 1.807) is 18.5 Å². The van der Waals surface area contributed by atoms with Crippen LogP contribution in [0.5, 0.6) is 0 Å². The lowest BCUT2D eigenvalue weighted by Gasteiger charge is -2.36. The van der Waals surface area contributed by atoms with Gasteiger partial charge in [-0.2, -0.15) is 0 Å². The minimum atomic E-state index is -0.217. The lowest BCUT2D eigenvalue weighted by Crippen LogP contribution is -2.48. The summed E-state index contributed by atoms with van der Waals surface area (Å²) in [5, 5.41) is 0. The minimum absolute atomic E-state index is 0.209. The zero-order chi connectivity index (χ0) is 22.6. The van der Waals surface area contributed by atoms with Crippen molar-refractivity contribution in [1.82, 2.24) is 19.8 Å². The monoisotopic (exact) mass is 439 g/mol. The van der Waals surface area contributed by atoms with Gasteiger partial charge in [-0.1, -0.05) is 60.7 Å². The van der Waals surface area contributed by atoms with Crippen LogP contribution in [0.2, 0.25) is 0 Å². The SMILES string of the molecule is O=C1C(c2ccccc2)=C(N2CCN(c3ncccn3)CC2)C(=O)N1CCc1ccccc1. The lowest BCUT2D eigenvalue weighted by molar-refractivity contribution is -0.137. The lowest BCUT2D eigenvalue weighted by atomic mass is 10.0. The third kappa shape index (κ3) is 4.22. The Morgan fingerprint density at radius 2 is 1.30 bits per heavy atom. The Bertz CT molecular complexity index is 1160. The molecular weight excluding hydrogens is 414 g/mol. The first-order valence-electron chi connectivity index (χ1n) is 11.2. The Kier molecular flexibility index (Phi) is 5.85. The molecule has 166 valence electrons. The molecule has 0 N–H and O–H groups in total. The number of imide groups is 1. The summed E-state index contributed by atoms with van der Waals surface area (Å²) in [4.78, 5) is 41.2. The van der Waals surface area contributed by atoms with Gasteiger partial charge >= 0.3 is 0 Å². The Labute approximate surface area is 193 Å². The van der Waals surface area contributed by atoms with Crippen molar-refractivity contribution in [3.05, 3.63) is 95.9 Å². The van der Waals surface area contributed by atoms with E-state index in [4.69, 9.17) is 0 Å². The van der Waals surface area contributed by atoms with Crippen molar-refractivity contribution in [2.75, 3.05) is 37.6 Å². The van der Waals surface area contributed by atoms with Crippen LogP contribution in [-0.4, -0.2) is 64.3 Å². The molecule has 0 saturated carbocycles. The minimum Gasteiger partial charge on any atom is -0.363 e. The molecule has 0 radical (unpaired) electrons. The number of rotatable bonds is 6. The molecule has 0 unspecified atom stereocenters. The number of amides is 2. The number of aromatic nitrogens is 2. The van der Waals surface area contributed by atoms with Crippen LogP contribution >= 0.6 is 0 Å². The summed E-state index contributed by atoms with van der Waals surface area (Å²) < 4.78 is 0. The maximum atomic E-state index is 13.5. The maximum absolute atomic E-state index is 13.5. The molecule has 2 aromatic carbocycles. The van der Waals surface area contributed by atoms with Crippen LogP contribution < -0.4 is 4.90 Å². The molecule has 2 aliphatic heterocycles. The molecule has 1 aromatic heterocycles. The van der Waals surface area contributed by atoms with Gasteiger partial charge in [0.2, 0.25) is 5.95 Å². The molecule has 1 fully saturated rings. The van der Waals surface area contributed by atoms with Gasteiger partial charge in [-0.25, -0.2) is 9.97 Å². The van der Waals surface area contributed by atoms with Gasteiger partial charge in [0.1, 0.15) is 5.70 Å².